The van der Waals surface area contributed by atoms with Gasteiger partial charge in [-0.05, 0) is 59.3 Å². The Morgan fingerprint density at radius 2 is 1.78 bits per heavy atom. The summed E-state index contributed by atoms with van der Waals surface area (Å²) in [5.74, 6) is -2.74. The van der Waals surface area contributed by atoms with E-state index in [-0.39, 0.29) is 34.6 Å². The number of halogens is 3. The molecule has 0 saturated heterocycles. The third kappa shape index (κ3) is 6.07. The molecule has 3 N–H and O–H groups in total. The van der Waals surface area contributed by atoms with E-state index >= 15 is 0 Å². The number of hydrogen-bond acceptors (Lipinski definition) is 5. The second-order valence-corrected chi connectivity index (χ2v) is 10.4. The molecule has 1 aliphatic rings. The molecule has 0 bridgehead atoms. The minimum Gasteiger partial charge on any atom is -0.480 e. The third-order valence-electron chi connectivity index (χ3n) is 5.83. The first-order valence-corrected chi connectivity index (χ1v) is 13.1. The Bertz CT molecular complexity index is 1360. The van der Waals surface area contributed by atoms with Crippen LogP contribution in [0, 0.1) is 0 Å². The van der Waals surface area contributed by atoms with E-state index in [0.717, 1.165) is 0 Å². The molecule has 0 saturated carbocycles. The molecule has 0 unspecified atom stereocenters. The van der Waals surface area contributed by atoms with Gasteiger partial charge in [-0.15, -0.1) is 11.3 Å². The molecule has 1 atom stereocenters. The van der Waals surface area contributed by atoms with Gasteiger partial charge in [-0.2, -0.15) is 0 Å². The molecule has 0 spiro atoms. The Hall–Kier alpha value is -3.11. The van der Waals surface area contributed by atoms with Crippen molar-refractivity contribution in [2.45, 2.75) is 19.0 Å². The van der Waals surface area contributed by atoms with E-state index < -0.39 is 23.8 Å². The van der Waals surface area contributed by atoms with Crippen molar-refractivity contribution in [1.82, 2.24) is 15.5 Å². The number of fused-ring (bicyclic) bond motifs is 1. The lowest BCUT2D eigenvalue weighted by Crippen LogP contribution is -2.48. The number of nitrogens with one attached hydrogen (secondary N) is 2. The first-order valence-electron chi connectivity index (χ1n) is 11.1. The highest BCUT2D eigenvalue weighted by Crippen LogP contribution is 2.35. The molecular weight excluding hydrogens is 561 g/mol. The van der Waals surface area contributed by atoms with Crippen molar-refractivity contribution in [3.05, 3.63) is 90.0 Å². The van der Waals surface area contributed by atoms with Gasteiger partial charge in [0.1, 0.15) is 6.04 Å². The molecule has 3 amide bonds. The molecule has 37 heavy (non-hydrogen) atoms. The number of carboxylic acids is 1. The Morgan fingerprint density at radius 3 is 2.43 bits per heavy atom. The molecule has 4 rings (SSSR count). The van der Waals surface area contributed by atoms with Gasteiger partial charge in [0, 0.05) is 30.2 Å². The first-order chi connectivity index (χ1) is 17.7. The summed E-state index contributed by atoms with van der Waals surface area (Å²) in [5, 5.41) is 16.8. The van der Waals surface area contributed by atoms with Crippen LogP contribution in [0.3, 0.4) is 0 Å². The van der Waals surface area contributed by atoms with Crippen molar-refractivity contribution >= 4 is 69.8 Å². The molecule has 8 nitrogen and oxygen atoms in total. The topological polar surface area (TPSA) is 116 Å². The quantitative estimate of drug-likeness (QED) is 0.380. The molecule has 12 heteroatoms. The van der Waals surface area contributed by atoms with E-state index in [1.807, 2.05) is 0 Å². The van der Waals surface area contributed by atoms with Crippen molar-refractivity contribution < 1.29 is 24.3 Å². The Morgan fingerprint density at radius 1 is 1.05 bits per heavy atom. The average Bonchev–Trinajstić information content (AvgIpc) is 3.41. The zero-order valence-electron chi connectivity index (χ0n) is 19.1. The SMILES string of the molecule is O=C(NC[C@H](NC(=O)c1c(Cl)cc2c(c1Cl)CCN(C(=O)c1ccc(Cl)cc1)C2)C(=O)O)c1cccs1. The Balaban J connectivity index is 1.48. The van der Waals surface area contributed by atoms with Crippen molar-refractivity contribution in [3.63, 3.8) is 0 Å². The number of nitrogens with zero attached hydrogens (tertiary/aromatic N) is 1. The standard InChI is InChI=1S/C25H20Cl3N3O5S/c26-15-5-3-13(4-6-15)24(34)31-8-7-16-14(12-31)10-17(27)20(21(16)28)23(33)30-18(25(35)36)11-29-22(32)19-2-1-9-37-19/h1-6,9-10,18H,7-8,11-12H2,(H,29,32)(H,30,33)(H,35,36)/t18-/m0/s1. The number of amides is 3. The van der Waals surface area contributed by atoms with Crippen LogP contribution in [-0.4, -0.2) is 52.8 Å². The van der Waals surface area contributed by atoms with Gasteiger partial charge < -0.3 is 20.6 Å². The summed E-state index contributed by atoms with van der Waals surface area (Å²) in [6.07, 6.45) is 0.379. The van der Waals surface area contributed by atoms with E-state index in [0.29, 0.717) is 39.6 Å². The maximum absolute atomic E-state index is 13.0. The summed E-state index contributed by atoms with van der Waals surface area (Å²) < 4.78 is 0. The van der Waals surface area contributed by atoms with E-state index in [1.54, 1.807) is 52.7 Å². The normalized spacial score (nSPS) is 13.4. The number of carboxylic acid groups (broad SMARTS) is 1. The first kappa shape index (κ1) is 26.9. The monoisotopic (exact) mass is 579 g/mol. The van der Waals surface area contributed by atoms with Crippen LogP contribution in [0.2, 0.25) is 15.1 Å². The molecule has 3 aromatic rings. The van der Waals surface area contributed by atoms with E-state index in [2.05, 4.69) is 10.6 Å². The van der Waals surface area contributed by atoms with Crippen LogP contribution in [0.5, 0.6) is 0 Å². The number of aliphatic carboxylic acids is 1. The maximum atomic E-state index is 13.0. The van der Waals surface area contributed by atoms with Crippen molar-refractivity contribution in [3.8, 4) is 0 Å². The number of benzene rings is 2. The molecular formula is C25H20Cl3N3O5S. The van der Waals surface area contributed by atoms with Crippen LogP contribution < -0.4 is 10.6 Å². The fraction of sp³-hybridized carbons (Fsp3) is 0.200. The predicted molar refractivity (Wildman–Crippen MR) is 142 cm³/mol. The van der Waals surface area contributed by atoms with Gasteiger partial charge >= 0.3 is 5.97 Å². The summed E-state index contributed by atoms with van der Waals surface area (Å²) in [7, 11) is 0. The third-order valence-corrected chi connectivity index (χ3v) is 7.66. The molecule has 1 aromatic heterocycles. The Labute approximate surface area is 231 Å². The zero-order chi connectivity index (χ0) is 26.7. The summed E-state index contributed by atoms with van der Waals surface area (Å²) in [6.45, 7) is 0.272. The smallest absolute Gasteiger partial charge is 0.328 e. The lowest BCUT2D eigenvalue weighted by Gasteiger charge is -2.30. The number of carbonyl (C=O) groups is 4. The van der Waals surface area contributed by atoms with Crippen LogP contribution in [-0.2, 0) is 17.8 Å². The van der Waals surface area contributed by atoms with Gasteiger partial charge in [-0.3, -0.25) is 14.4 Å². The van der Waals surface area contributed by atoms with Crippen molar-refractivity contribution in [1.29, 1.82) is 0 Å². The van der Waals surface area contributed by atoms with E-state index in [1.165, 1.54) is 11.3 Å². The van der Waals surface area contributed by atoms with Crippen LogP contribution in [0.1, 0.15) is 41.5 Å². The summed E-state index contributed by atoms with van der Waals surface area (Å²) >= 11 is 20.1. The minimum absolute atomic E-state index is 0.0220. The molecule has 1 aliphatic heterocycles. The zero-order valence-corrected chi connectivity index (χ0v) is 22.2. The fourth-order valence-electron chi connectivity index (χ4n) is 3.93. The highest BCUT2D eigenvalue weighted by Gasteiger charge is 2.29. The number of thiophene rings is 1. The second-order valence-electron chi connectivity index (χ2n) is 8.22. The summed E-state index contributed by atoms with van der Waals surface area (Å²) in [4.78, 5) is 51.9. The van der Waals surface area contributed by atoms with Crippen LogP contribution in [0.15, 0.2) is 47.8 Å². The molecule has 0 fully saturated rings. The number of rotatable bonds is 7. The van der Waals surface area contributed by atoms with Gasteiger partial charge in [0.25, 0.3) is 17.7 Å². The molecule has 2 heterocycles. The maximum Gasteiger partial charge on any atom is 0.328 e. The minimum atomic E-state index is -1.41. The highest BCUT2D eigenvalue weighted by molar-refractivity contribution is 7.12. The highest BCUT2D eigenvalue weighted by atomic mass is 35.5. The Kier molecular flexibility index (Phi) is 8.39. The van der Waals surface area contributed by atoms with E-state index in [9.17, 15) is 24.3 Å². The predicted octanol–water partition coefficient (Wildman–Crippen LogP) is 4.52. The van der Waals surface area contributed by atoms with E-state index in [4.69, 9.17) is 34.8 Å². The van der Waals surface area contributed by atoms with Crippen molar-refractivity contribution in [2.75, 3.05) is 13.1 Å². The van der Waals surface area contributed by atoms with Crippen molar-refractivity contribution in [2.24, 2.45) is 0 Å². The average molecular weight is 581 g/mol. The number of hydrogen-bond donors (Lipinski definition) is 3. The lowest BCUT2D eigenvalue weighted by molar-refractivity contribution is -0.139. The van der Waals surface area contributed by atoms with Gasteiger partial charge in [0.15, 0.2) is 0 Å². The van der Waals surface area contributed by atoms with Gasteiger partial charge in [-0.25, -0.2) is 4.79 Å². The fourth-order valence-corrected chi connectivity index (χ4v) is 5.46. The van der Waals surface area contributed by atoms with Crippen LogP contribution >= 0.6 is 46.1 Å². The van der Waals surface area contributed by atoms with Gasteiger partial charge in [0.2, 0.25) is 0 Å². The second kappa shape index (κ2) is 11.5. The summed E-state index contributed by atoms with van der Waals surface area (Å²) in [6, 6.07) is 10.0. The molecule has 2 aromatic carbocycles. The largest absolute Gasteiger partial charge is 0.480 e. The molecule has 0 radical (unpaired) electrons. The molecule has 192 valence electrons. The lowest BCUT2D eigenvalue weighted by atomic mass is 9.96. The van der Waals surface area contributed by atoms with Gasteiger partial charge in [-0.1, -0.05) is 40.9 Å². The number of carbonyl (C=O) groups excluding carboxylic acids is 3. The molecule has 0 aliphatic carbocycles. The van der Waals surface area contributed by atoms with Gasteiger partial charge in [0.05, 0.1) is 20.5 Å². The van der Waals surface area contributed by atoms with Crippen LogP contribution in [0.25, 0.3) is 0 Å². The van der Waals surface area contributed by atoms with Crippen LogP contribution in [0.4, 0.5) is 0 Å². The summed E-state index contributed by atoms with van der Waals surface area (Å²) in [5.41, 5.74) is 1.79.